The summed E-state index contributed by atoms with van der Waals surface area (Å²) in [5, 5.41) is 22.3. The third-order valence-corrected chi connectivity index (χ3v) is 13.2. The number of hydrogen-bond donors (Lipinski definition) is 4. The van der Waals surface area contributed by atoms with E-state index in [1.807, 2.05) is 64.7 Å². The molecule has 2 aromatic carbocycles. The van der Waals surface area contributed by atoms with Crippen molar-refractivity contribution in [2.24, 2.45) is 24.4 Å². The van der Waals surface area contributed by atoms with Crippen molar-refractivity contribution in [3.05, 3.63) is 70.2 Å². The molecule has 0 aliphatic heterocycles. The maximum Gasteiger partial charge on any atom is 0.245 e. The number of benzene rings is 2. The summed E-state index contributed by atoms with van der Waals surface area (Å²) in [6, 6.07) is 7.77. The van der Waals surface area contributed by atoms with Gasteiger partial charge in [-0.3, -0.25) is 19.0 Å². The van der Waals surface area contributed by atoms with Crippen LogP contribution in [0.4, 0.5) is 0 Å². The molecule has 0 saturated carbocycles. The molecule has 0 aliphatic rings. The van der Waals surface area contributed by atoms with E-state index in [0.29, 0.717) is 10.5 Å². The third kappa shape index (κ3) is 15.5. The Bertz CT molecular complexity index is 3030. The molecule has 0 saturated heterocycles. The van der Waals surface area contributed by atoms with E-state index in [1.165, 1.54) is 11.3 Å². The minimum absolute atomic E-state index is 0.00712. The molecule has 61 heavy (non-hydrogen) atoms. The van der Waals surface area contributed by atoms with Crippen LogP contribution in [0.5, 0.6) is 0 Å². The zero-order chi connectivity index (χ0) is 45.7. The highest BCUT2D eigenvalue weighted by molar-refractivity contribution is 8.13. The Morgan fingerprint density at radius 2 is 1.18 bits per heavy atom. The second kappa shape index (κ2) is 19.7. The summed E-state index contributed by atoms with van der Waals surface area (Å²) in [7, 11) is -6.23. The summed E-state index contributed by atoms with van der Waals surface area (Å²) in [6.45, 7) is 3.63. The summed E-state index contributed by atoms with van der Waals surface area (Å²) in [6.07, 6.45) is 9.34. The monoisotopic (exact) mass is 978 g/mol. The smallest absolute Gasteiger partial charge is 0.245 e. The molecule has 0 radical (unpaired) electrons. The van der Waals surface area contributed by atoms with Crippen molar-refractivity contribution in [1.82, 2.24) is 40.2 Å². The normalized spacial score (nSPS) is 12.6. The molecule has 0 aliphatic carbocycles. The standard InChI is InChI=1S/C17H21N5O5S3.C16H19N5O3S2.CH3ClO2S/c1-10-6-13-14(7-12(10)11-8-20-22(2)9-11)28-17(21-13)15(29(3,24)25)16(23)19-4-5-30(18,26)27;1-10-5-13-14(6-12(10)11-8-19-21(2)9-11)25-16(20-13)7-15(22)18-3-4-26(17,23)24;1-5(2,3)4/h6-9,15H,4-5H2,1-3H3,(H,19,23)(H2,18,26,27);5-6,8-9H,3-4,7H2,1-2H3,(H,18,22)(H2,17,23,24);1H3. The minimum atomic E-state index is -3.86. The van der Waals surface area contributed by atoms with Crippen molar-refractivity contribution in [2.75, 3.05) is 37.1 Å². The first-order valence-electron chi connectivity index (χ1n) is 17.5. The Morgan fingerprint density at radius 1 is 0.738 bits per heavy atom. The van der Waals surface area contributed by atoms with Gasteiger partial charge in [0, 0.05) is 67.6 Å². The fourth-order valence-electron chi connectivity index (χ4n) is 5.58. The van der Waals surface area contributed by atoms with Gasteiger partial charge >= 0.3 is 0 Å². The number of halogens is 1. The van der Waals surface area contributed by atoms with Gasteiger partial charge < -0.3 is 10.6 Å². The van der Waals surface area contributed by atoms with Crippen molar-refractivity contribution < 1.29 is 43.3 Å². The molecule has 6 rings (SSSR count). The Balaban J connectivity index is 0.000000244. The number of sulfone groups is 1. The van der Waals surface area contributed by atoms with Crippen molar-refractivity contribution >= 4 is 105 Å². The number of hydrogen-bond acceptors (Lipinski definition) is 16. The Morgan fingerprint density at radius 3 is 1.61 bits per heavy atom. The van der Waals surface area contributed by atoms with Crippen LogP contribution in [-0.4, -0.2) is 112 Å². The second-order valence-corrected chi connectivity index (χ2v) is 24.5. The van der Waals surface area contributed by atoms with Crippen molar-refractivity contribution in [3.63, 3.8) is 0 Å². The van der Waals surface area contributed by atoms with Crippen LogP contribution in [0.3, 0.4) is 0 Å². The lowest BCUT2D eigenvalue weighted by Crippen LogP contribution is -2.37. The zero-order valence-electron chi connectivity index (χ0n) is 33.5. The Labute approximate surface area is 365 Å². The highest BCUT2D eigenvalue weighted by Crippen LogP contribution is 2.35. The summed E-state index contributed by atoms with van der Waals surface area (Å²) in [5.41, 5.74) is 7.38. The van der Waals surface area contributed by atoms with E-state index in [1.54, 1.807) is 15.6 Å². The number of carbonyl (C=O) groups excluding carboxylic acids is 2. The summed E-state index contributed by atoms with van der Waals surface area (Å²) in [5.74, 6) is -1.91. The SMILES string of the molecule is CS(=O)(=O)Cl.Cc1cc2nc(C(C(=O)NCCS(N)(=O)=O)S(C)(=O)=O)sc2cc1-c1cnn(C)c1.Cc1cc2nc(CC(=O)NCCS(N)(=O)=O)sc2cc1-c1cnn(C)c1. The number of aryl methyl sites for hydroxylation is 4. The first kappa shape index (κ1) is 49.2. The minimum Gasteiger partial charge on any atom is -0.355 e. The molecule has 2 amide bonds. The van der Waals surface area contributed by atoms with E-state index < -0.39 is 55.8 Å². The molecule has 4 aromatic heterocycles. The van der Waals surface area contributed by atoms with Gasteiger partial charge in [0.05, 0.1) is 57.0 Å². The number of amides is 2. The Hall–Kier alpha value is -4.41. The van der Waals surface area contributed by atoms with E-state index in [0.717, 1.165) is 72.1 Å². The van der Waals surface area contributed by atoms with Gasteiger partial charge in [-0.1, -0.05) is 0 Å². The number of aromatic nitrogens is 6. The molecule has 0 bridgehead atoms. The summed E-state index contributed by atoms with van der Waals surface area (Å²) >= 11 is 2.55. The quantitative estimate of drug-likeness (QED) is 0.120. The van der Waals surface area contributed by atoms with Gasteiger partial charge in [0.2, 0.25) is 40.9 Å². The lowest BCUT2D eigenvalue weighted by molar-refractivity contribution is -0.121. The molecule has 0 fully saturated rings. The van der Waals surface area contributed by atoms with Crippen LogP contribution < -0.4 is 20.9 Å². The lowest BCUT2D eigenvalue weighted by Gasteiger charge is -2.12. The highest BCUT2D eigenvalue weighted by Gasteiger charge is 2.34. The van der Waals surface area contributed by atoms with Gasteiger partial charge in [-0.25, -0.2) is 53.9 Å². The van der Waals surface area contributed by atoms with Gasteiger partial charge in [0.25, 0.3) is 0 Å². The van der Waals surface area contributed by atoms with Crippen molar-refractivity contribution in [3.8, 4) is 22.3 Å². The maximum absolute atomic E-state index is 12.5. The topological polar surface area (TPSA) is 308 Å². The highest BCUT2D eigenvalue weighted by atomic mass is 35.7. The third-order valence-electron chi connectivity index (χ3n) is 8.16. The largest absolute Gasteiger partial charge is 0.355 e. The van der Waals surface area contributed by atoms with Crippen LogP contribution in [0.25, 0.3) is 42.7 Å². The lowest BCUT2D eigenvalue weighted by atomic mass is 10.0. The number of thiazole rings is 2. The number of primary sulfonamides is 2. The predicted octanol–water partition coefficient (Wildman–Crippen LogP) is 1.63. The van der Waals surface area contributed by atoms with E-state index in [-0.39, 0.29) is 36.2 Å². The first-order valence-corrected chi connectivity index (χ1v) is 27.2. The van der Waals surface area contributed by atoms with E-state index in [2.05, 4.69) is 47.5 Å². The van der Waals surface area contributed by atoms with E-state index in [4.69, 9.17) is 10.3 Å². The fourth-order valence-corrected chi connectivity index (χ4v) is 9.87. The average molecular weight is 980 g/mol. The van der Waals surface area contributed by atoms with Crippen LogP contribution >= 0.6 is 33.4 Å². The summed E-state index contributed by atoms with van der Waals surface area (Å²) in [4.78, 5) is 33.4. The molecule has 4 heterocycles. The molecule has 0 spiro atoms. The number of sulfonamides is 2. The molecule has 6 aromatic rings. The predicted molar refractivity (Wildman–Crippen MR) is 237 cm³/mol. The molecular formula is C34H43ClN10O10S6. The van der Waals surface area contributed by atoms with Gasteiger partial charge in [0.1, 0.15) is 10.0 Å². The second-order valence-electron chi connectivity index (χ2n) is 13.7. The van der Waals surface area contributed by atoms with Gasteiger partial charge in [0.15, 0.2) is 15.1 Å². The summed E-state index contributed by atoms with van der Waals surface area (Å²) < 4.78 is 92.4. The van der Waals surface area contributed by atoms with Crippen LogP contribution in [-0.2, 0) is 69.0 Å². The molecule has 20 nitrogen and oxygen atoms in total. The van der Waals surface area contributed by atoms with Crippen LogP contribution in [0, 0.1) is 13.8 Å². The molecule has 1 atom stereocenters. The number of nitrogens with one attached hydrogen (secondary N) is 2. The van der Waals surface area contributed by atoms with Crippen molar-refractivity contribution in [2.45, 2.75) is 25.5 Å². The first-order chi connectivity index (χ1) is 28.1. The van der Waals surface area contributed by atoms with Crippen LogP contribution in [0.2, 0.25) is 0 Å². The average Bonchev–Trinajstić information content (AvgIpc) is 3.88. The van der Waals surface area contributed by atoms with Gasteiger partial charge in [-0.15, -0.1) is 22.7 Å². The molecule has 1 unspecified atom stereocenters. The Kier molecular flexibility index (Phi) is 15.9. The number of rotatable bonds is 13. The van der Waals surface area contributed by atoms with Gasteiger partial charge in [-0.05, 0) is 60.4 Å². The molecule has 27 heteroatoms. The molecule has 6 N–H and O–H groups in total. The molecule has 332 valence electrons. The van der Waals surface area contributed by atoms with Gasteiger partial charge in [-0.2, -0.15) is 10.2 Å². The van der Waals surface area contributed by atoms with Crippen LogP contribution in [0.1, 0.15) is 26.4 Å². The van der Waals surface area contributed by atoms with Crippen molar-refractivity contribution in [1.29, 1.82) is 0 Å². The zero-order valence-corrected chi connectivity index (χ0v) is 39.1. The van der Waals surface area contributed by atoms with E-state index in [9.17, 15) is 43.3 Å². The number of fused-ring (bicyclic) bond motifs is 2. The fraction of sp³-hybridized carbons (Fsp3) is 0.353. The van der Waals surface area contributed by atoms with Crippen LogP contribution in [0.15, 0.2) is 49.1 Å². The number of nitrogens with zero attached hydrogens (tertiary/aromatic N) is 6. The maximum atomic E-state index is 12.5. The number of carbonyl (C=O) groups is 2. The molecular weight excluding hydrogens is 936 g/mol. The van der Waals surface area contributed by atoms with E-state index >= 15 is 0 Å². The number of nitrogens with two attached hydrogens (primary N) is 2.